The number of rotatable bonds is 3. The van der Waals surface area contributed by atoms with Gasteiger partial charge in [-0.2, -0.15) is 0 Å². The van der Waals surface area contributed by atoms with Gasteiger partial charge in [-0.3, -0.25) is 0 Å². The molecule has 6 nitrogen and oxygen atoms in total. The summed E-state index contributed by atoms with van der Waals surface area (Å²) in [6.45, 7) is 6.77. The Hall–Kier alpha value is -0.950. The van der Waals surface area contributed by atoms with Gasteiger partial charge < -0.3 is 4.57 Å². The predicted octanol–water partition coefficient (Wildman–Crippen LogP) is 1.24. The van der Waals surface area contributed by atoms with E-state index in [0.717, 1.165) is 25.1 Å². The van der Waals surface area contributed by atoms with Crippen molar-refractivity contribution in [2.45, 2.75) is 57.7 Å². The molecule has 1 atom stereocenters. The van der Waals surface area contributed by atoms with Gasteiger partial charge in [0.25, 0.3) is 15.2 Å². The highest BCUT2D eigenvalue weighted by Crippen LogP contribution is 2.48. The fourth-order valence-electron chi connectivity index (χ4n) is 2.87. The second-order valence-electron chi connectivity index (χ2n) is 5.56. The van der Waals surface area contributed by atoms with Crippen LogP contribution in [0.25, 0.3) is 0 Å². The van der Waals surface area contributed by atoms with E-state index in [1.165, 1.54) is 0 Å². The average molecular weight is 272 g/mol. The smallest absolute Gasteiger partial charge is 0.273 e. The standard InChI is InChI=1S/C11H20N4O2S/c1-4-15-9(8-6-5-7-11(8,2)3)13-14-10(15)18(12,16)17/h8H,4-7H2,1-3H3,(H2,12,16,17). The van der Waals surface area contributed by atoms with E-state index >= 15 is 0 Å². The normalized spacial score (nSPS) is 23.4. The Morgan fingerprint density at radius 1 is 1.44 bits per heavy atom. The summed E-state index contributed by atoms with van der Waals surface area (Å²) >= 11 is 0. The topological polar surface area (TPSA) is 90.9 Å². The highest BCUT2D eigenvalue weighted by atomic mass is 32.2. The second-order valence-corrected chi connectivity index (χ2v) is 7.02. The quantitative estimate of drug-likeness (QED) is 0.896. The van der Waals surface area contributed by atoms with E-state index in [9.17, 15) is 8.42 Å². The zero-order chi connectivity index (χ0) is 13.6. The molecule has 1 unspecified atom stereocenters. The zero-order valence-corrected chi connectivity index (χ0v) is 11.9. The van der Waals surface area contributed by atoms with E-state index in [1.807, 2.05) is 6.92 Å². The van der Waals surface area contributed by atoms with Gasteiger partial charge in [0.2, 0.25) is 0 Å². The fourth-order valence-corrected chi connectivity index (χ4v) is 3.56. The van der Waals surface area contributed by atoms with Crippen LogP contribution in [0.4, 0.5) is 0 Å². The lowest BCUT2D eigenvalue weighted by molar-refractivity contribution is 0.313. The highest BCUT2D eigenvalue weighted by Gasteiger charge is 2.39. The molecule has 1 saturated carbocycles. The summed E-state index contributed by atoms with van der Waals surface area (Å²) in [6, 6.07) is 0. The van der Waals surface area contributed by atoms with E-state index in [4.69, 9.17) is 5.14 Å². The summed E-state index contributed by atoms with van der Waals surface area (Å²) in [7, 11) is -3.80. The Morgan fingerprint density at radius 3 is 2.56 bits per heavy atom. The monoisotopic (exact) mass is 272 g/mol. The summed E-state index contributed by atoms with van der Waals surface area (Å²) in [5.41, 5.74) is 0.135. The van der Waals surface area contributed by atoms with Crippen molar-refractivity contribution >= 4 is 10.0 Å². The van der Waals surface area contributed by atoms with Crippen LogP contribution in [0.5, 0.6) is 0 Å². The molecule has 102 valence electrons. The molecule has 1 fully saturated rings. The third kappa shape index (κ3) is 2.16. The number of aromatic nitrogens is 3. The molecule has 0 bridgehead atoms. The molecule has 18 heavy (non-hydrogen) atoms. The predicted molar refractivity (Wildman–Crippen MR) is 67.4 cm³/mol. The van der Waals surface area contributed by atoms with Crippen LogP contribution in [0.15, 0.2) is 5.16 Å². The molecular weight excluding hydrogens is 252 g/mol. The number of primary sulfonamides is 1. The molecule has 0 aromatic carbocycles. The lowest BCUT2D eigenvalue weighted by atomic mass is 9.81. The van der Waals surface area contributed by atoms with Crippen molar-refractivity contribution in [1.29, 1.82) is 0 Å². The van der Waals surface area contributed by atoms with E-state index in [1.54, 1.807) is 4.57 Å². The molecular formula is C11H20N4O2S. The van der Waals surface area contributed by atoms with E-state index < -0.39 is 10.0 Å². The van der Waals surface area contributed by atoms with Gasteiger partial charge in [0.05, 0.1) is 0 Å². The lowest BCUT2D eigenvalue weighted by Crippen LogP contribution is -2.23. The third-order valence-electron chi connectivity index (χ3n) is 3.89. The van der Waals surface area contributed by atoms with Crippen molar-refractivity contribution in [2.24, 2.45) is 10.6 Å². The molecule has 0 spiro atoms. The first-order chi connectivity index (χ1) is 8.27. The van der Waals surface area contributed by atoms with Gasteiger partial charge >= 0.3 is 0 Å². The van der Waals surface area contributed by atoms with Crippen LogP contribution >= 0.6 is 0 Å². The van der Waals surface area contributed by atoms with Gasteiger partial charge in [-0.25, -0.2) is 13.6 Å². The summed E-state index contributed by atoms with van der Waals surface area (Å²) in [5, 5.41) is 12.9. The SMILES string of the molecule is CCn1c(C2CCCC2(C)C)nnc1S(N)(=O)=O. The fraction of sp³-hybridized carbons (Fsp3) is 0.818. The molecule has 1 aromatic rings. The van der Waals surface area contributed by atoms with Gasteiger partial charge in [-0.05, 0) is 25.2 Å². The number of hydrogen-bond donors (Lipinski definition) is 1. The summed E-state index contributed by atoms with van der Waals surface area (Å²) in [4.78, 5) is 0. The van der Waals surface area contributed by atoms with Gasteiger partial charge in [-0.15, -0.1) is 10.2 Å². The molecule has 1 aliphatic rings. The minimum atomic E-state index is -3.80. The Labute approximate surface area is 108 Å². The first kappa shape index (κ1) is 13.5. The summed E-state index contributed by atoms with van der Waals surface area (Å²) < 4.78 is 24.5. The van der Waals surface area contributed by atoms with Crippen molar-refractivity contribution in [2.75, 3.05) is 0 Å². The first-order valence-electron chi connectivity index (χ1n) is 6.23. The molecule has 1 aromatic heterocycles. The van der Waals surface area contributed by atoms with Crippen molar-refractivity contribution in [3.63, 3.8) is 0 Å². The average Bonchev–Trinajstić information content (AvgIpc) is 2.78. The Bertz CT molecular complexity index is 547. The summed E-state index contributed by atoms with van der Waals surface area (Å²) in [5.74, 6) is 1.00. The third-order valence-corrected chi connectivity index (χ3v) is 4.70. The Morgan fingerprint density at radius 2 is 2.11 bits per heavy atom. The minimum Gasteiger partial charge on any atom is -0.301 e. The molecule has 0 amide bonds. The maximum Gasteiger partial charge on any atom is 0.273 e. The van der Waals surface area contributed by atoms with Crippen molar-refractivity contribution in [3.05, 3.63) is 5.82 Å². The molecule has 0 saturated heterocycles. The van der Waals surface area contributed by atoms with Crippen LogP contribution in [0.1, 0.15) is 51.8 Å². The van der Waals surface area contributed by atoms with Crippen molar-refractivity contribution in [1.82, 2.24) is 14.8 Å². The van der Waals surface area contributed by atoms with Gasteiger partial charge in [0.1, 0.15) is 5.82 Å². The van der Waals surface area contributed by atoms with E-state index in [0.29, 0.717) is 6.54 Å². The maximum atomic E-state index is 11.5. The van der Waals surface area contributed by atoms with Crippen molar-refractivity contribution < 1.29 is 8.42 Å². The van der Waals surface area contributed by atoms with E-state index in [2.05, 4.69) is 24.0 Å². The van der Waals surface area contributed by atoms with Gasteiger partial charge in [-0.1, -0.05) is 20.3 Å². The lowest BCUT2D eigenvalue weighted by Gasteiger charge is -2.26. The number of nitrogens with zero attached hydrogens (tertiary/aromatic N) is 3. The molecule has 7 heteroatoms. The van der Waals surface area contributed by atoms with Crippen LogP contribution in [0.3, 0.4) is 0 Å². The van der Waals surface area contributed by atoms with Crippen LogP contribution in [0.2, 0.25) is 0 Å². The molecule has 0 aliphatic heterocycles. The summed E-state index contributed by atoms with van der Waals surface area (Å²) in [6.07, 6.45) is 3.29. The number of hydrogen-bond acceptors (Lipinski definition) is 4. The van der Waals surface area contributed by atoms with Gasteiger partial charge in [0.15, 0.2) is 0 Å². The highest BCUT2D eigenvalue weighted by molar-refractivity contribution is 7.89. The van der Waals surface area contributed by atoms with Crippen molar-refractivity contribution in [3.8, 4) is 0 Å². The van der Waals surface area contributed by atoms with Crippen LogP contribution < -0.4 is 5.14 Å². The largest absolute Gasteiger partial charge is 0.301 e. The molecule has 1 aliphatic carbocycles. The molecule has 1 heterocycles. The second kappa shape index (κ2) is 4.31. The minimum absolute atomic E-state index is 0.122. The Balaban J connectivity index is 2.50. The first-order valence-corrected chi connectivity index (χ1v) is 7.78. The molecule has 2 rings (SSSR count). The van der Waals surface area contributed by atoms with Crippen LogP contribution in [-0.4, -0.2) is 23.2 Å². The van der Waals surface area contributed by atoms with Crippen LogP contribution in [0, 0.1) is 5.41 Å². The van der Waals surface area contributed by atoms with E-state index in [-0.39, 0.29) is 16.5 Å². The number of sulfonamides is 1. The maximum absolute atomic E-state index is 11.5. The molecule has 2 N–H and O–H groups in total. The molecule has 0 radical (unpaired) electrons. The van der Waals surface area contributed by atoms with Gasteiger partial charge in [0, 0.05) is 12.5 Å². The van der Waals surface area contributed by atoms with Crippen LogP contribution in [-0.2, 0) is 16.6 Å². The zero-order valence-electron chi connectivity index (χ0n) is 11.0. The Kier molecular flexibility index (Phi) is 3.23. The number of nitrogens with two attached hydrogens (primary N) is 1.